The SMILES string of the molecule is C=CC(=O)N1CCN(c2nc(=O)n3c4c(c(-c5c(O)cccc5F)c(Cl)cc24)OC[C@@H]3CN(C)C)[C@@H](C)C1. The van der Waals surface area contributed by atoms with Gasteiger partial charge in [0.1, 0.15) is 24.0 Å². The maximum Gasteiger partial charge on any atom is 0.350 e. The van der Waals surface area contributed by atoms with Crippen molar-refractivity contribution in [3.8, 4) is 22.6 Å². The first-order valence-corrected chi connectivity index (χ1v) is 12.7. The number of piperazine rings is 1. The smallest absolute Gasteiger partial charge is 0.350 e. The van der Waals surface area contributed by atoms with Gasteiger partial charge in [-0.05, 0) is 45.3 Å². The number of benzene rings is 2. The van der Waals surface area contributed by atoms with Crippen molar-refractivity contribution < 1.29 is 19.0 Å². The Kier molecular flexibility index (Phi) is 6.79. The molecule has 0 unspecified atom stereocenters. The first-order chi connectivity index (χ1) is 18.1. The summed E-state index contributed by atoms with van der Waals surface area (Å²) in [6.07, 6.45) is 1.29. The molecule has 5 rings (SSSR count). The number of phenolic OH excluding ortho intramolecular Hbond substituents is 1. The highest BCUT2D eigenvalue weighted by Gasteiger charge is 2.35. The van der Waals surface area contributed by atoms with Crippen molar-refractivity contribution >= 4 is 34.2 Å². The molecule has 3 aromatic rings. The molecule has 0 bridgehead atoms. The predicted molar refractivity (Wildman–Crippen MR) is 145 cm³/mol. The number of phenols is 1. The fraction of sp³-hybridized carbons (Fsp3) is 0.370. The summed E-state index contributed by atoms with van der Waals surface area (Å²) in [5, 5.41) is 11.3. The number of aromatic nitrogens is 2. The van der Waals surface area contributed by atoms with Crippen LogP contribution in [0.1, 0.15) is 13.0 Å². The largest absolute Gasteiger partial charge is 0.507 e. The molecule has 2 aromatic carbocycles. The lowest BCUT2D eigenvalue weighted by Gasteiger charge is -2.41. The molecule has 1 fully saturated rings. The molecule has 11 heteroatoms. The number of anilines is 1. The normalized spacial score (nSPS) is 19.1. The Balaban J connectivity index is 1.77. The van der Waals surface area contributed by atoms with E-state index >= 15 is 4.39 Å². The van der Waals surface area contributed by atoms with Crippen molar-refractivity contribution in [2.75, 3.05) is 51.8 Å². The summed E-state index contributed by atoms with van der Waals surface area (Å²) >= 11 is 6.77. The molecule has 1 amide bonds. The summed E-state index contributed by atoms with van der Waals surface area (Å²) in [6, 6.07) is 5.15. The van der Waals surface area contributed by atoms with Crippen LogP contribution in [0.4, 0.5) is 10.2 Å². The summed E-state index contributed by atoms with van der Waals surface area (Å²) in [4.78, 5) is 35.9. The third kappa shape index (κ3) is 4.27. The fourth-order valence-electron chi connectivity index (χ4n) is 5.43. The van der Waals surface area contributed by atoms with Gasteiger partial charge in [-0.25, -0.2) is 9.18 Å². The van der Waals surface area contributed by atoms with E-state index in [-0.39, 0.29) is 52.2 Å². The molecule has 2 aliphatic rings. The van der Waals surface area contributed by atoms with Gasteiger partial charge in [0.15, 0.2) is 5.75 Å². The van der Waals surface area contributed by atoms with Gasteiger partial charge >= 0.3 is 5.69 Å². The molecular weight excluding hydrogens is 513 g/mol. The number of hydrogen-bond donors (Lipinski definition) is 1. The maximum atomic E-state index is 15.0. The average molecular weight is 542 g/mol. The van der Waals surface area contributed by atoms with Crippen LogP contribution in [-0.2, 0) is 4.79 Å². The van der Waals surface area contributed by atoms with Crippen LogP contribution in [0.2, 0.25) is 5.02 Å². The number of carbonyl (C=O) groups is 1. The van der Waals surface area contributed by atoms with Gasteiger partial charge in [0.25, 0.3) is 0 Å². The second kappa shape index (κ2) is 9.92. The molecule has 1 N–H and O–H groups in total. The highest BCUT2D eigenvalue weighted by Crippen LogP contribution is 2.49. The standard InChI is InChI=1S/C27H29ClFN5O4/c1-5-21(36)32-9-10-33(15(2)12-32)26-17-11-18(28)22(23-19(29)7-6-8-20(23)35)25-24(17)34(27(37)30-26)16(14-38-25)13-31(3)4/h5-8,11,15-16,35H,1,9-10,12-14H2,2-4H3/t15-,16-/m0/s1. The highest BCUT2D eigenvalue weighted by atomic mass is 35.5. The lowest BCUT2D eigenvalue weighted by molar-refractivity contribution is -0.126. The molecule has 0 spiro atoms. The first-order valence-electron chi connectivity index (χ1n) is 12.3. The van der Waals surface area contributed by atoms with Gasteiger partial charge in [-0.1, -0.05) is 24.2 Å². The third-order valence-corrected chi connectivity index (χ3v) is 7.38. The van der Waals surface area contributed by atoms with Crippen LogP contribution in [-0.4, -0.2) is 83.3 Å². The molecule has 2 atom stereocenters. The summed E-state index contributed by atoms with van der Waals surface area (Å²) in [5.74, 6) is -0.473. The molecule has 1 aromatic heterocycles. The molecule has 1 saturated heterocycles. The van der Waals surface area contributed by atoms with E-state index in [0.29, 0.717) is 42.9 Å². The molecule has 0 radical (unpaired) electrons. The lowest BCUT2D eigenvalue weighted by atomic mass is 9.98. The van der Waals surface area contributed by atoms with Gasteiger partial charge < -0.3 is 24.5 Å². The summed E-state index contributed by atoms with van der Waals surface area (Å²) < 4.78 is 22.8. The molecule has 9 nitrogen and oxygen atoms in total. The van der Waals surface area contributed by atoms with Crippen molar-refractivity contribution in [2.24, 2.45) is 0 Å². The predicted octanol–water partition coefficient (Wildman–Crippen LogP) is 3.28. The molecule has 0 saturated carbocycles. The molecule has 38 heavy (non-hydrogen) atoms. The number of amides is 1. The van der Waals surface area contributed by atoms with Crippen LogP contribution < -0.4 is 15.3 Å². The minimum Gasteiger partial charge on any atom is -0.507 e. The van der Waals surface area contributed by atoms with Gasteiger partial charge in [-0.15, -0.1) is 0 Å². The molecular formula is C27H29ClFN5O4. The average Bonchev–Trinajstić information content (AvgIpc) is 2.87. The van der Waals surface area contributed by atoms with Gasteiger partial charge in [0, 0.05) is 37.6 Å². The molecule has 0 aliphatic carbocycles. The number of ether oxygens (including phenoxy) is 1. The number of hydrogen-bond acceptors (Lipinski definition) is 7. The van der Waals surface area contributed by atoms with Crippen molar-refractivity contribution in [1.82, 2.24) is 19.4 Å². The van der Waals surface area contributed by atoms with E-state index in [1.54, 1.807) is 15.5 Å². The van der Waals surface area contributed by atoms with Crippen molar-refractivity contribution in [3.05, 3.63) is 58.2 Å². The highest BCUT2D eigenvalue weighted by molar-refractivity contribution is 6.35. The summed E-state index contributed by atoms with van der Waals surface area (Å²) in [5.41, 5.74) is 0.0595. The number of likely N-dealkylation sites (N-methyl/N-ethyl adjacent to an activating group) is 1. The van der Waals surface area contributed by atoms with Crippen molar-refractivity contribution in [1.29, 1.82) is 0 Å². The minimum atomic E-state index is -0.665. The zero-order valence-corrected chi connectivity index (χ0v) is 22.2. The topological polar surface area (TPSA) is 91.1 Å². The van der Waals surface area contributed by atoms with E-state index < -0.39 is 11.5 Å². The second-order valence-electron chi connectivity index (χ2n) is 9.94. The monoisotopic (exact) mass is 541 g/mol. The number of halogens is 2. The van der Waals surface area contributed by atoms with E-state index in [1.165, 1.54) is 24.3 Å². The van der Waals surface area contributed by atoms with Gasteiger partial charge in [0.2, 0.25) is 5.91 Å². The van der Waals surface area contributed by atoms with Gasteiger partial charge in [-0.2, -0.15) is 4.98 Å². The maximum absolute atomic E-state index is 15.0. The van der Waals surface area contributed by atoms with Gasteiger partial charge in [0.05, 0.1) is 27.7 Å². The number of aromatic hydroxyl groups is 1. The number of rotatable bonds is 5. The summed E-state index contributed by atoms with van der Waals surface area (Å²) in [6.45, 7) is 7.48. The summed E-state index contributed by atoms with van der Waals surface area (Å²) in [7, 11) is 3.80. The van der Waals surface area contributed by atoms with Gasteiger partial charge in [-0.3, -0.25) is 9.36 Å². The van der Waals surface area contributed by atoms with Crippen molar-refractivity contribution in [3.63, 3.8) is 0 Å². The Bertz CT molecular complexity index is 1490. The molecule has 3 heterocycles. The van der Waals surface area contributed by atoms with Crippen LogP contribution in [0, 0.1) is 5.82 Å². The molecule has 200 valence electrons. The third-order valence-electron chi connectivity index (χ3n) is 7.09. The Morgan fingerprint density at radius 2 is 2.11 bits per heavy atom. The Morgan fingerprint density at radius 3 is 2.76 bits per heavy atom. The van der Waals surface area contributed by atoms with E-state index in [0.717, 1.165) is 0 Å². The van der Waals surface area contributed by atoms with E-state index in [9.17, 15) is 14.7 Å². The van der Waals surface area contributed by atoms with Crippen molar-refractivity contribution in [2.45, 2.75) is 19.0 Å². The van der Waals surface area contributed by atoms with Crippen LogP contribution >= 0.6 is 11.6 Å². The Hall–Kier alpha value is -3.63. The zero-order chi connectivity index (χ0) is 27.3. The van der Waals surface area contributed by atoms with Crippen LogP contribution in [0.3, 0.4) is 0 Å². The van der Waals surface area contributed by atoms with E-state index in [4.69, 9.17) is 16.3 Å². The lowest BCUT2D eigenvalue weighted by Crippen LogP contribution is -2.54. The van der Waals surface area contributed by atoms with Crippen LogP contribution in [0.25, 0.3) is 22.0 Å². The first kappa shape index (κ1) is 26.0. The second-order valence-corrected chi connectivity index (χ2v) is 10.3. The molecule has 2 aliphatic heterocycles. The minimum absolute atomic E-state index is 0.0947. The Morgan fingerprint density at radius 1 is 1.34 bits per heavy atom. The fourth-order valence-corrected chi connectivity index (χ4v) is 5.72. The zero-order valence-electron chi connectivity index (χ0n) is 21.4. The van der Waals surface area contributed by atoms with Crippen LogP contribution in [0.15, 0.2) is 41.7 Å². The quantitative estimate of drug-likeness (QED) is 0.496. The van der Waals surface area contributed by atoms with E-state index in [2.05, 4.69) is 11.6 Å². The number of nitrogens with zero attached hydrogens (tertiary/aromatic N) is 5. The van der Waals surface area contributed by atoms with Crippen LogP contribution in [0.5, 0.6) is 11.5 Å². The number of carbonyl (C=O) groups excluding carboxylic acids is 1. The Labute approximate surface area is 224 Å². The van der Waals surface area contributed by atoms with E-state index in [1.807, 2.05) is 30.8 Å².